The van der Waals surface area contributed by atoms with Crippen LogP contribution in [0, 0.1) is 0 Å². The summed E-state index contributed by atoms with van der Waals surface area (Å²) in [4.78, 5) is 11.6. The van der Waals surface area contributed by atoms with Gasteiger partial charge in [0.25, 0.3) is 0 Å². The van der Waals surface area contributed by atoms with Gasteiger partial charge in [-0.3, -0.25) is 0 Å². The number of hydrogen-bond acceptors (Lipinski definition) is 3. The predicted molar refractivity (Wildman–Crippen MR) is 67.2 cm³/mol. The van der Waals surface area contributed by atoms with Crippen LogP contribution in [0.25, 0.3) is 5.57 Å². The lowest BCUT2D eigenvalue weighted by molar-refractivity contribution is -0.145. The highest BCUT2D eigenvalue weighted by Gasteiger charge is 2.37. The van der Waals surface area contributed by atoms with Gasteiger partial charge in [0.15, 0.2) is 0 Å². The normalized spacial score (nSPS) is 23.1. The summed E-state index contributed by atoms with van der Waals surface area (Å²) < 4.78 is 18.2. The number of benzene rings is 1. The Kier molecular flexibility index (Phi) is 3.30. The zero-order valence-corrected chi connectivity index (χ0v) is 10.0. The largest absolute Gasteiger partial charge is 0.467 e. The smallest absolute Gasteiger partial charge is 0.330 e. The van der Waals surface area contributed by atoms with Crippen molar-refractivity contribution in [2.75, 3.05) is 7.11 Å². The highest BCUT2D eigenvalue weighted by atomic mass is 19.1. The van der Waals surface area contributed by atoms with E-state index < -0.39 is 17.3 Å². The summed E-state index contributed by atoms with van der Waals surface area (Å²) in [6.07, 6.45) is 2.71. The molecule has 18 heavy (non-hydrogen) atoms. The third-order valence-electron chi connectivity index (χ3n) is 2.90. The second kappa shape index (κ2) is 4.74. The molecule has 0 aromatic heterocycles. The Labute approximate surface area is 105 Å². The van der Waals surface area contributed by atoms with Crippen molar-refractivity contribution >= 4 is 11.5 Å². The Morgan fingerprint density at radius 2 is 2.06 bits per heavy atom. The summed E-state index contributed by atoms with van der Waals surface area (Å²) >= 11 is 0. The topological polar surface area (TPSA) is 52.3 Å². The molecule has 0 spiro atoms. The quantitative estimate of drug-likeness (QED) is 0.815. The van der Waals surface area contributed by atoms with Crippen LogP contribution in [-0.4, -0.2) is 18.6 Å². The first-order valence-electron chi connectivity index (χ1n) is 5.57. The lowest BCUT2D eigenvalue weighted by atomic mass is 9.84. The van der Waals surface area contributed by atoms with Gasteiger partial charge in [-0.15, -0.1) is 0 Å². The molecule has 0 radical (unpaired) electrons. The Bertz CT molecular complexity index is 522. The molecule has 1 unspecified atom stereocenters. The molecule has 1 aliphatic rings. The molecular formula is C14H14FNO2. The highest BCUT2D eigenvalue weighted by Crippen LogP contribution is 2.32. The molecule has 4 heteroatoms. The highest BCUT2D eigenvalue weighted by molar-refractivity contribution is 5.88. The van der Waals surface area contributed by atoms with Gasteiger partial charge in [0.2, 0.25) is 0 Å². The number of methoxy groups -OCH3 is 1. The van der Waals surface area contributed by atoms with Gasteiger partial charge in [-0.1, -0.05) is 30.3 Å². The van der Waals surface area contributed by atoms with Crippen molar-refractivity contribution in [3.63, 3.8) is 0 Å². The van der Waals surface area contributed by atoms with E-state index in [1.54, 1.807) is 0 Å². The molecule has 0 fully saturated rings. The van der Waals surface area contributed by atoms with Crippen molar-refractivity contribution in [3.8, 4) is 0 Å². The van der Waals surface area contributed by atoms with E-state index in [1.165, 1.54) is 13.2 Å². The number of carbonyl (C=O) groups excluding carboxylic acids is 1. The summed E-state index contributed by atoms with van der Waals surface area (Å²) in [5.74, 6) is -1.16. The number of halogens is 1. The number of esters is 1. The van der Waals surface area contributed by atoms with Crippen LogP contribution in [0.2, 0.25) is 0 Å². The number of rotatable bonds is 2. The first-order chi connectivity index (χ1) is 8.55. The third-order valence-corrected chi connectivity index (χ3v) is 2.90. The molecule has 3 nitrogen and oxygen atoms in total. The summed E-state index contributed by atoms with van der Waals surface area (Å²) in [6, 6.07) is 9.27. The van der Waals surface area contributed by atoms with Crippen LogP contribution in [0.5, 0.6) is 0 Å². The Hall–Kier alpha value is -1.94. The second-order valence-corrected chi connectivity index (χ2v) is 4.27. The Balaban J connectivity index is 2.37. The molecule has 0 aliphatic heterocycles. The van der Waals surface area contributed by atoms with Crippen molar-refractivity contribution in [1.29, 1.82) is 0 Å². The van der Waals surface area contributed by atoms with Gasteiger partial charge >= 0.3 is 5.97 Å². The molecule has 0 bridgehead atoms. The van der Waals surface area contributed by atoms with Gasteiger partial charge in [0, 0.05) is 6.42 Å². The minimum atomic E-state index is -1.43. The summed E-state index contributed by atoms with van der Waals surface area (Å²) in [6.45, 7) is 0. The van der Waals surface area contributed by atoms with E-state index in [0.717, 1.165) is 11.6 Å². The van der Waals surface area contributed by atoms with Crippen molar-refractivity contribution in [3.05, 3.63) is 53.9 Å². The molecule has 0 heterocycles. The number of hydrogen-bond donors (Lipinski definition) is 1. The van der Waals surface area contributed by atoms with E-state index in [2.05, 4.69) is 4.74 Å². The maximum atomic E-state index is 13.6. The number of ether oxygens (including phenoxy) is 1. The molecule has 1 aromatic carbocycles. The zero-order valence-electron chi connectivity index (χ0n) is 10.0. The standard InChI is InChI=1S/C14H14FNO2/c1-18-13(17)14(16)8-11(7-12(15)9-14)10-5-3-2-4-6-10/h2-7,9H,8,16H2,1H3. The molecule has 1 atom stereocenters. The molecule has 0 saturated carbocycles. The second-order valence-electron chi connectivity index (χ2n) is 4.27. The Morgan fingerprint density at radius 1 is 1.39 bits per heavy atom. The molecule has 2 N–H and O–H groups in total. The zero-order chi connectivity index (χ0) is 13.2. The van der Waals surface area contributed by atoms with Crippen LogP contribution in [0.1, 0.15) is 12.0 Å². The molecule has 1 aliphatic carbocycles. The van der Waals surface area contributed by atoms with E-state index >= 15 is 0 Å². The molecule has 1 aromatic rings. The molecular weight excluding hydrogens is 233 g/mol. The maximum absolute atomic E-state index is 13.6. The molecule has 0 saturated heterocycles. The van der Waals surface area contributed by atoms with Crippen molar-refractivity contribution < 1.29 is 13.9 Å². The van der Waals surface area contributed by atoms with Crippen LogP contribution < -0.4 is 5.73 Å². The SMILES string of the molecule is COC(=O)C1(N)C=C(F)C=C(c2ccccc2)C1. The van der Waals surface area contributed by atoms with Crippen LogP contribution in [0.4, 0.5) is 4.39 Å². The van der Waals surface area contributed by atoms with Crippen molar-refractivity contribution in [2.24, 2.45) is 5.73 Å². The van der Waals surface area contributed by atoms with Crippen molar-refractivity contribution in [1.82, 2.24) is 0 Å². The minimum absolute atomic E-state index is 0.219. The van der Waals surface area contributed by atoms with Crippen LogP contribution in [0.3, 0.4) is 0 Å². The summed E-state index contributed by atoms with van der Waals surface area (Å²) in [5, 5.41) is 0. The van der Waals surface area contributed by atoms with Gasteiger partial charge < -0.3 is 10.5 Å². The molecule has 0 amide bonds. The summed E-state index contributed by atoms with van der Waals surface area (Å²) in [5.41, 5.74) is 6.00. The molecule has 2 rings (SSSR count). The lowest BCUT2D eigenvalue weighted by Gasteiger charge is -2.27. The van der Waals surface area contributed by atoms with E-state index in [9.17, 15) is 9.18 Å². The van der Waals surface area contributed by atoms with E-state index in [0.29, 0.717) is 5.57 Å². The first-order valence-corrected chi connectivity index (χ1v) is 5.57. The lowest BCUT2D eigenvalue weighted by Crippen LogP contribution is -2.48. The van der Waals surface area contributed by atoms with Crippen molar-refractivity contribution in [2.45, 2.75) is 12.0 Å². The van der Waals surface area contributed by atoms with E-state index in [1.807, 2.05) is 30.3 Å². The van der Waals surface area contributed by atoms with Gasteiger partial charge in [0.05, 0.1) is 7.11 Å². The van der Waals surface area contributed by atoms with Gasteiger partial charge in [-0.2, -0.15) is 0 Å². The fourth-order valence-electron chi connectivity index (χ4n) is 2.03. The minimum Gasteiger partial charge on any atom is -0.467 e. The van der Waals surface area contributed by atoms with Crippen LogP contribution >= 0.6 is 0 Å². The summed E-state index contributed by atoms with van der Waals surface area (Å²) in [7, 11) is 1.24. The van der Waals surface area contributed by atoms with Gasteiger partial charge in [0.1, 0.15) is 11.4 Å². The predicted octanol–water partition coefficient (Wildman–Crippen LogP) is 2.20. The number of allylic oxidation sites excluding steroid dienone is 2. The van der Waals surface area contributed by atoms with Gasteiger partial charge in [-0.25, -0.2) is 9.18 Å². The molecule has 94 valence electrons. The number of nitrogens with two attached hydrogens (primary N) is 1. The van der Waals surface area contributed by atoms with E-state index in [4.69, 9.17) is 5.73 Å². The first kappa shape index (κ1) is 12.5. The van der Waals surface area contributed by atoms with Crippen LogP contribution in [-0.2, 0) is 9.53 Å². The fraction of sp³-hybridized carbons (Fsp3) is 0.214. The average Bonchev–Trinajstić information content (AvgIpc) is 2.37. The fourth-order valence-corrected chi connectivity index (χ4v) is 2.03. The average molecular weight is 247 g/mol. The maximum Gasteiger partial charge on any atom is 0.330 e. The third kappa shape index (κ3) is 2.33. The monoisotopic (exact) mass is 247 g/mol. The Morgan fingerprint density at radius 3 is 2.67 bits per heavy atom. The number of carbonyl (C=O) groups is 1. The van der Waals surface area contributed by atoms with Gasteiger partial charge in [-0.05, 0) is 23.3 Å². The van der Waals surface area contributed by atoms with Crippen LogP contribution in [0.15, 0.2) is 48.3 Å². The van der Waals surface area contributed by atoms with E-state index in [-0.39, 0.29) is 6.42 Å².